The maximum atomic E-state index is 17.1. The van der Waals surface area contributed by atoms with Crippen molar-refractivity contribution in [2.75, 3.05) is 44.4 Å². The lowest BCUT2D eigenvalue weighted by atomic mass is 9.95. The van der Waals surface area contributed by atoms with Crippen LogP contribution in [0.1, 0.15) is 37.7 Å². The third kappa shape index (κ3) is 4.37. The molecule has 2 N–H and O–H groups in total. The zero-order valence-corrected chi connectivity index (χ0v) is 26.2. The number of piperazine rings is 1. The largest absolute Gasteiger partial charge is 0.508 e. The van der Waals surface area contributed by atoms with Crippen LogP contribution in [0.2, 0.25) is 0 Å². The summed E-state index contributed by atoms with van der Waals surface area (Å²) in [7, 11) is 0. The van der Waals surface area contributed by atoms with E-state index < -0.39 is 11.6 Å². The van der Waals surface area contributed by atoms with Crippen LogP contribution >= 0.6 is 0 Å². The van der Waals surface area contributed by atoms with E-state index in [0.29, 0.717) is 48.5 Å². The van der Waals surface area contributed by atoms with E-state index in [2.05, 4.69) is 26.0 Å². The summed E-state index contributed by atoms with van der Waals surface area (Å²) >= 11 is 0. The molecule has 10 nitrogen and oxygen atoms in total. The first kappa shape index (κ1) is 28.7. The molecule has 0 amide bonds. The Morgan fingerprint density at radius 3 is 2.79 bits per heavy atom. The molecular formula is C36H34F2N6O4. The van der Waals surface area contributed by atoms with Gasteiger partial charge in [0.25, 0.3) is 0 Å². The molecule has 7 heterocycles. The predicted molar refractivity (Wildman–Crippen MR) is 173 cm³/mol. The van der Waals surface area contributed by atoms with E-state index in [0.717, 1.165) is 51.8 Å². The molecule has 12 heteroatoms. The van der Waals surface area contributed by atoms with Gasteiger partial charge in [-0.2, -0.15) is 9.97 Å². The first-order valence-corrected chi connectivity index (χ1v) is 16.8. The number of nitrogens with one attached hydrogen (secondary N) is 1. The fourth-order valence-corrected chi connectivity index (χ4v) is 8.76. The lowest BCUT2D eigenvalue weighted by molar-refractivity contribution is 0.0176. The molecule has 2 aromatic heterocycles. The van der Waals surface area contributed by atoms with Gasteiger partial charge in [-0.05, 0) is 55.7 Å². The van der Waals surface area contributed by atoms with Crippen molar-refractivity contribution in [2.45, 2.75) is 62.4 Å². The molecule has 4 aromatic rings. The van der Waals surface area contributed by atoms with Gasteiger partial charge in [-0.3, -0.25) is 4.90 Å². The van der Waals surface area contributed by atoms with E-state index in [4.69, 9.17) is 30.6 Å². The number of halogens is 2. The van der Waals surface area contributed by atoms with E-state index in [1.165, 1.54) is 24.3 Å². The number of terminal acetylenes is 1. The number of ether oxygens (including phenoxy) is 3. The Balaban J connectivity index is 1.11. The summed E-state index contributed by atoms with van der Waals surface area (Å²) in [5.74, 6) is 1.60. The minimum Gasteiger partial charge on any atom is -0.508 e. The molecule has 0 radical (unpaired) electrons. The zero-order valence-electron chi connectivity index (χ0n) is 26.2. The SMILES string of the molecule is C#Cc1c(F)ccc2cc(O)cc(-c3nc4c5c(nc(OCC6(CN7C[C@@H]8C[C@H]7CO8)CC6)nc5c3F)N3C[C@H]5CC[C@H](N5)[C@H]3CO4)c12. The van der Waals surface area contributed by atoms with Gasteiger partial charge in [-0.1, -0.05) is 12.0 Å². The average Bonchev–Trinajstić information content (AvgIpc) is 3.35. The minimum absolute atomic E-state index is 0.00000358. The van der Waals surface area contributed by atoms with Crippen LogP contribution in [-0.2, 0) is 4.74 Å². The van der Waals surface area contributed by atoms with Crippen LogP contribution in [-0.4, -0.2) is 94.7 Å². The summed E-state index contributed by atoms with van der Waals surface area (Å²) in [6.45, 7) is 4.09. The van der Waals surface area contributed by atoms with Crippen molar-refractivity contribution in [3.8, 4) is 41.2 Å². The first-order chi connectivity index (χ1) is 23.4. The highest BCUT2D eigenvalue weighted by molar-refractivity contribution is 6.04. The van der Waals surface area contributed by atoms with E-state index in [-0.39, 0.29) is 68.9 Å². The molecule has 10 rings (SSSR count). The van der Waals surface area contributed by atoms with Gasteiger partial charge in [-0.15, -0.1) is 6.42 Å². The number of aromatic nitrogens is 3. The molecule has 1 saturated carbocycles. The Morgan fingerprint density at radius 2 is 2.00 bits per heavy atom. The minimum atomic E-state index is -0.754. The molecule has 5 atom stereocenters. The number of benzene rings is 2. The van der Waals surface area contributed by atoms with Gasteiger partial charge in [0, 0.05) is 54.1 Å². The van der Waals surface area contributed by atoms with Crippen molar-refractivity contribution < 1.29 is 28.1 Å². The topological polar surface area (TPSA) is 105 Å². The second kappa shape index (κ2) is 10.3. The highest BCUT2D eigenvalue weighted by atomic mass is 19.1. The number of hydrogen-bond acceptors (Lipinski definition) is 10. The Labute approximate surface area is 275 Å². The molecule has 0 unspecified atom stereocenters. The van der Waals surface area contributed by atoms with Crippen LogP contribution in [0.5, 0.6) is 17.6 Å². The zero-order chi connectivity index (χ0) is 32.3. The maximum Gasteiger partial charge on any atom is 0.319 e. The van der Waals surface area contributed by atoms with Gasteiger partial charge in [0.1, 0.15) is 40.6 Å². The number of fused-ring (bicyclic) bond motifs is 8. The van der Waals surface area contributed by atoms with Gasteiger partial charge in [-0.25, -0.2) is 13.8 Å². The number of likely N-dealkylation sites (tertiary alicyclic amines) is 1. The van der Waals surface area contributed by atoms with E-state index in [9.17, 15) is 9.50 Å². The van der Waals surface area contributed by atoms with Crippen molar-refractivity contribution in [1.82, 2.24) is 25.2 Å². The third-order valence-corrected chi connectivity index (χ3v) is 11.4. The fourth-order valence-electron chi connectivity index (χ4n) is 8.76. The number of anilines is 1. The molecule has 48 heavy (non-hydrogen) atoms. The van der Waals surface area contributed by atoms with Crippen LogP contribution in [0.25, 0.3) is 32.9 Å². The molecule has 0 spiro atoms. The summed E-state index contributed by atoms with van der Waals surface area (Å²) in [6, 6.07) is 6.52. The molecule has 5 fully saturated rings. The van der Waals surface area contributed by atoms with E-state index >= 15 is 4.39 Å². The highest BCUT2D eigenvalue weighted by Gasteiger charge is 2.50. The monoisotopic (exact) mass is 652 g/mol. The summed E-state index contributed by atoms with van der Waals surface area (Å²) < 4.78 is 50.6. The van der Waals surface area contributed by atoms with Crippen molar-refractivity contribution in [1.29, 1.82) is 0 Å². The number of aromatic hydroxyl groups is 1. The van der Waals surface area contributed by atoms with Crippen LogP contribution in [0.4, 0.5) is 14.6 Å². The number of phenols is 1. The Kier molecular flexibility index (Phi) is 6.18. The standard InChI is InChI=1S/C36H34F2N6O4/c1-2-23-25(37)5-3-18-9-21(45)11-24(28(18)23)31-30(38)32-29-33(44-12-19-4-6-26(39-19)27(44)15-47-34(29)40-31)42-35(41-32)48-17-36(7-8-36)16-43-13-22-10-20(43)14-46-22/h1,3,5,9,11,19-20,22,26-27,39,45H,4,6-8,10,12-17H2/t19-,20+,22+,26+,27-/m1/s1. The Morgan fingerprint density at radius 1 is 1.10 bits per heavy atom. The van der Waals surface area contributed by atoms with Gasteiger partial charge >= 0.3 is 6.01 Å². The van der Waals surface area contributed by atoms with E-state index in [1.54, 1.807) is 0 Å². The number of phenolic OH excluding ortho intramolecular Hbond substituents is 1. The second-order valence-electron chi connectivity index (χ2n) is 14.4. The number of morpholine rings is 1. The molecule has 2 aromatic carbocycles. The number of pyridine rings is 1. The molecule has 1 aliphatic carbocycles. The van der Waals surface area contributed by atoms with Crippen LogP contribution < -0.4 is 19.7 Å². The van der Waals surface area contributed by atoms with E-state index in [1.807, 2.05) is 0 Å². The Bertz CT molecular complexity index is 2070. The summed E-state index contributed by atoms with van der Waals surface area (Å²) in [6.07, 6.45) is 11.3. The first-order valence-electron chi connectivity index (χ1n) is 16.8. The molecular weight excluding hydrogens is 618 g/mol. The summed E-state index contributed by atoms with van der Waals surface area (Å²) in [5, 5.41) is 15.5. The van der Waals surface area contributed by atoms with Crippen LogP contribution in [0.3, 0.4) is 0 Å². The third-order valence-electron chi connectivity index (χ3n) is 11.4. The fraction of sp³-hybridized carbons (Fsp3) is 0.472. The van der Waals surface area contributed by atoms with Crippen LogP contribution in [0.15, 0.2) is 24.3 Å². The quantitative estimate of drug-likeness (QED) is 0.296. The van der Waals surface area contributed by atoms with Crippen molar-refractivity contribution in [3.05, 3.63) is 41.5 Å². The van der Waals surface area contributed by atoms with Crippen molar-refractivity contribution >= 4 is 27.5 Å². The molecule has 246 valence electrons. The van der Waals surface area contributed by atoms with Gasteiger partial charge in [0.05, 0.1) is 30.9 Å². The lowest BCUT2D eigenvalue weighted by Crippen LogP contribution is -2.60. The van der Waals surface area contributed by atoms with Gasteiger partial charge in [0.2, 0.25) is 5.88 Å². The summed E-state index contributed by atoms with van der Waals surface area (Å²) in [5.41, 5.74) is -0.0614. The Hall–Kier alpha value is -4.31. The molecule has 4 saturated heterocycles. The molecule has 5 aliphatic heterocycles. The second-order valence-corrected chi connectivity index (χ2v) is 14.4. The highest BCUT2D eigenvalue weighted by Crippen LogP contribution is 2.49. The lowest BCUT2D eigenvalue weighted by Gasteiger charge is -2.40. The average molecular weight is 653 g/mol. The van der Waals surface area contributed by atoms with Crippen molar-refractivity contribution in [3.63, 3.8) is 0 Å². The normalized spacial score (nSPS) is 27.9. The number of hydrogen-bond donors (Lipinski definition) is 2. The van der Waals surface area contributed by atoms with Crippen LogP contribution in [0, 0.1) is 29.4 Å². The van der Waals surface area contributed by atoms with Crippen molar-refractivity contribution in [2.24, 2.45) is 5.41 Å². The molecule has 6 aliphatic rings. The molecule has 4 bridgehead atoms. The van der Waals surface area contributed by atoms with Gasteiger partial charge in [0.15, 0.2) is 5.82 Å². The van der Waals surface area contributed by atoms with Gasteiger partial charge < -0.3 is 29.5 Å². The maximum absolute atomic E-state index is 17.1. The number of nitrogens with zero attached hydrogens (tertiary/aromatic N) is 5. The smallest absolute Gasteiger partial charge is 0.319 e. The predicted octanol–water partition coefficient (Wildman–Crippen LogP) is 4.14. The summed E-state index contributed by atoms with van der Waals surface area (Å²) in [4.78, 5) is 19.1. The number of rotatable bonds is 6.